The lowest BCUT2D eigenvalue weighted by Gasteiger charge is -2.02. The fourth-order valence-electron chi connectivity index (χ4n) is 1.34. The van der Waals surface area contributed by atoms with E-state index in [0.717, 1.165) is 19.6 Å². The number of nitrogens with zero attached hydrogens (tertiary/aromatic N) is 5. The summed E-state index contributed by atoms with van der Waals surface area (Å²) in [6.07, 6.45) is 7.40. The van der Waals surface area contributed by atoms with Crippen molar-refractivity contribution >= 4 is 0 Å². The van der Waals surface area contributed by atoms with Crippen LogP contribution in [0.5, 0.6) is 0 Å². The van der Waals surface area contributed by atoms with Crippen LogP contribution in [0.2, 0.25) is 0 Å². The van der Waals surface area contributed by atoms with Crippen LogP contribution >= 0.6 is 0 Å². The molecule has 2 heterocycles. The maximum absolute atomic E-state index is 4.09. The number of aryl methyl sites for hydroxylation is 1. The number of aromatic nitrogens is 5. The summed E-state index contributed by atoms with van der Waals surface area (Å²) in [5.41, 5.74) is 1.19. The van der Waals surface area contributed by atoms with Gasteiger partial charge in [0.1, 0.15) is 0 Å². The van der Waals surface area contributed by atoms with Crippen molar-refractivity contribution in [2.24, 2.45) is 7.05 Å². The Kier molecular flexibility index (Phi) is 3.08. The lowest BCUT2D eigenvalue weighted by molar-refractivity contribution is 0.540. The number of hydrogen-bond donors (Lipinski definition) is 1. The first-order chi connectivity index (χ1) is 7.34. The highest BCUT2D eigenvalue weighted by Crippen LogP contribution is 1.94. The van der Waals surface area contributed by atoms with Gasteiger partial charge in [0.25, 0.3) is 0 Å². The van der Waals surface area contributed by atoms with Gasteiger partial charge in [0.2, 0.25) is 0 Å². The molecule has 15 heavy (non-hydrogen) atoms. The molecule has 0 saturated heterocycles. The maximum Gasteiger partial charge on any atom is 0.0692 e. The number of nitrogens with one attached hydrogen (secondary N) is 1. The van der Waals surface area contributed by atoms with Crippen LogP contribution in [0.3, 0.4) is 0 Å². The normalized spacial score (nSPS) is 10.7. The molecule has 0 aliphatic rings. The van der Waals surface area contributed by atoms with Gasteiger partial charge in [-0.05, 0) is 0 Å². The molecule has 0 saturated carbocycles. The minimum absolute atomic E-state index is 0.834. The Morgan fingerprint density at radius 2 is 2.40 bits per heavy atom. The molecule has 0 amide bonds. The first-order valence-corrected chi connectivity index (χ1v) is 4.87. The van der Waals surface area contributed by atoms with Crippen molar-refractivity contribution in [1.29, 1.82) is 0 Å². The predicted octanol–water partition coefficient (Wildman–Crippen LogP) is -0.199. The lowest BCUT2D eigenvalue weighted by atomic mass is 10.3. The van der Waals surface area contributed by atoms with E-state index in [0.29, 0.717) is 0 Å². The Hall–Kier alpha value is -1.69. The summed E-state index contributed by atoms with van der Waals surface area (Å²) in [7, 11) is 1.92. The topological polar surface area (TPSA) is 60.6 Å². The molecule has 0 aliphatic carbocycles. The Labute approximate surface area is 87.9 Å². The van der Waals surface area contributed by atoms with Crippen LogP contribution in [0, 0.1) is 0 Å². The fourth-order valence-corrected chi connectivity index (χ4v) is 1.34. The molecule has 0 fully saturated rings. The largest absolute Gasteiger partial charge is 0.311 e. The lowest BCUT2D eigenvalue weighted by Crippen LogP contribution is -2.19. The highest BCUT2D eigenvalue weighted by atomic mass is 15.4. The third-order valence-corrected chi connectivity index (χ3v) is 2.08. The van der Waals surface area contributed by atoms with Gasteiger partial charge < -0.3 is 5.32 Å². The van der Waals surface area contributed by atoms with E-state index in [1.807, 2.05) is 25.6 Å². The van der Waals surface area contributed by atoms with Crippen molar-refractivity contribution in [3.63, 3.8) is 0 Å². The zero-order chi connectivity index (χ0) is 10.5. The molecule has 0 spiro atoms. The number of rotatable bonds is 5. The van der Waals surface area contributed by atoms with Gasteiger partial charge in [0, 0.05) is 38.1 Å². The van der Waals surface area contributed by atoms with Gasteiger partial charge in [-0.15, -0.1) is 5.10 Å². The SMILES string of the molecule is Cn1cc(CNCCn2ccnn2)cn1. The summed E-state index contributed by atoms with van der Waals surface area (Å²) in [5, 5.41) is 15.0. The molecular weight excluding hydrogens is 192 g/mol. The fraction of sp³-hybridized carbons (Fsp3) is 0.444. The Bertz CT molecular complexity index is 390. The van der Waals surface area contributed by atoms with Crippen molar-refractivity contribution in [2.45, 2.75) is 13.1 Å². The molecule has 0 aromatic carbocycles. The molecule has 1 N–H and O–H groups in total. The van der Waals surface area contributed by atoms with Crippen LogP contribution in [-0.4, -0.2) is 31.3 Å². The first kappa shape index (κ1) is 9.85. The van der Waals surface area contributed by atoms with Gasteiger partial charge in [-0.3, -0.25) is 9.36 Å². The molecule has 0 unspecified atom stereocenters. The van der Waals surface area contributed by atoms with Crippen LogP contribution in [0.15, 0.2) is 24.8 Å². The second-order valence-corrected chi connectivity index (χ2v) is 3.37. The Morgan fingerprint density at radius 3 is 3.07 bits per heavy atom. The minimum Gasteiger partial charge on any atom is -0.311 e. The van der Waals surface area contributed by atoms with Gasteiger partial charge in [-0.2, -0.15) is 5.10 Å². The second-order valence-electron chi connectivity index (χ2n) is 3.37. The van der Waals surface area contributed by atoms with Crippen molar-refractivity contribution in [3.8, 4) is 0 Å². The van der Waals surface area contributed by atoms with Crippen molar-refractivity contribution < 1.29 is 0 Å². The van der Waals surface area contributed by atoms with Crippen molar-refractivity contribution in [3.05, 3.63) is 30.4 Å². The van der Waals surface area contributed by atoms with Gasteiger partial charge in [0.05, 0.1) is 18.9 Å². The van der Waals surface area contributed by atoms with Crippen LogP contribution in [0.4, 0.5) is 0 Å². The van der Waals surface area contributed by atoms with E-state index in [9.17, 15) is 0 Å². The Morgan fingerprint density at radius 1 is 1.47 bits per heavy atom. The van der Waals surface area contributed by atoms with E-state index in [2.05, 4.69) is 20.7 Å². The molecule has 80 valence electrons. The third-order valence-electron chi connectivity index (χ3n) is 2.08. The van der Waals surface area contributed by atoms with Crippen molar-refractivity contribution in [1.82, 2.24) is 30.1 Å². The predicted molar refractivity (Wildman–Crippen MR) is 54.9 cm³/mol. The molecule has 6 nitrogen and oxygen atoms in total. The molecular formula is C9H14N6. The van der Waals surface area contributed by atoms with Crippen LogP contribution < -0.4 is 5.32 Å². The van der Waals surface area contributed by atoms with E-state index >= 15 is 0 Å². The van der Waals surface area contributed by atoms with E-state index in [1.54, 1.807) is 15.6 Å². The summed E-state index contributed by atoms with van der Waals surface area (Å²) in [6, 6.07) is 0. The van der Waals surface area contributed by atoms with E-state index < -0.39 is 0 Å². The van der Waals surface area contributed by atoms with Crippen LogP contribution in [-0.2, 0) is 20.1 Å². The first-order valence-electron chi connectivity index (χ1n) is 4.87. The number of hydrogen-bond acceptors (Lipinski definition) is 4. The average molecular weight is 206 g/mol. The van der Waals surface area contributed by atoms with E-state index in [-0.39, 0.29) is 0 Å². The van der Waals surface area contributed by atoms with Gasteiger partial charge >= 0.3 is 0 Å². The van der Waals surface area contributed by atoms with E-state index in [4.69, 9.17) is 0 Å². The van der Waals surface area contributed by atoms with Crippen molar-refractivity contribution in [2.75, 3.05) is 6.54 Å². The summed E-state index contributed by atoms with van der Waals surface area (Å²) in [6.45, 7) is 2.54. The summed E-state index contributed by atoms with van der Waals surface area (Å²) in [4.78, 5) is 0. The highest BCUT2D eigenvalue weighted by Gasteiger charge is 1.95. The quantitative estimate of drug-likeness (QED) is 0.688. The van der Waals surface area contributed by atoms with Gasteiger partial charge in [-0.25, -0.2) is 0 Å². The summed E-state index contributed by atoms with van der Waals surface area (Å²) < 4.78 is 3.60. The molecule has 2 aromatic rings. The smallest absolute Gasteiger partial charge is 0.0692 e. The third kappa shape index (κ3) is 2.88. The zero-order valence-electron chi connectivity index (χ0n) is 8.67. The summed E-state index contributed by atoms with van der Waals surface area (Å²) in [5.74, 6) is 0. The highest BCUT2D eigenvalue weighted by molar-refractivity contribution is 5.02. The summed E-state index contributed by atoms with van der Waals surface area (Å²) >= 11 is 0. The molecule has 0 atom stereocenters. The molecule has 0 aliphatic heterocycles. The molecule has 0 radical (unpaired) electrons. The molecule has 0 bridgehead atoms. The van der Waals surface area contributed by atoms with Crippen LogP contribution in [0.1, 0.15) is 5.56 Å². The molecule has 2 aromatic heterocycles. The second kappa shape index (κ2) is 4.70. The van der Waals surface area contributed by atoms with E-state index in [1.165, 1.54) is 5.56 Å². The molecule has 2 rings (SSSR count). The Balaban J connectivity index is 1.67. The minimum atomic E-state index is 0.834. The van der Waals surface area contributed by atoms with Gasteiger partial charge in [0.15, 0.2) is 0 Å². The average Bonchev–Trinajstić information content (AvgIpc) is 2.84. The molecule has 6 heteroatoms. The zero-order valence-corrected chi connectivity index (χ0v) is 8.67. The monoisotopic (exact) mass is 206 g/mol. The van der Waals surface area contributed by atoms with Gasteiger partial charge in [-0.1, -0.05) is 5.21 Å². The maximum atomic E-state index is 4.09. The van der Waals surface area contributed by atoms with Crippen LogP contribution in [0.25, 0.3) is 0 Å². The standard InChI is InChI=1S/C9H14N6/c1-14-8-9(7-12-14)6-10-2-4-15-5-3-11-13-15/h3,5,7-8,10H,2,4,6H2,1H3.